The van der Waals surface area contributed by atoms with Crippen molar-refractivity contribution in [2.75, 3.05) is 18.5 Å². The van der Waals surface area contributed by atoms with Gasteiger partial charge in [0.25, 0.3) is 5.69 Å². The summed E-state index contributed by atoms with van der Waals surface area (Å²) in [7, 11) is 0. The van der Waals surface area contributed by atoms with E-state index in [2.05, 4.69) is 10.6 Å². The fourth-order valence-electron chi connectivity index (χ4n) is 2.47. The zero-order chi connectivity index (χ0) is 15.4. The first-order valence-electron chi connectivity index (χ1n) is 6.98. The van der Waals surface area contributed by atoms with E-state index in [0.29, 0.717) is 12.4 Å². The van der Waals surface area contributed by atoms with Gasteiger partial charge in [-0.2, -0.15) is 0 Å². The van der Waals surface area contributed by atoms with E-state index < -0.39 is 4.92 Å². The van der Waals surface area contributed by atoms with Crippen LogP contribution in [-0.4, -0.2) is 30.0 Å². The second kappa shape index (κ2) is 6.53. The monoisotopic (exact) mass is 293 g/mol. The Bertz CT molecular complexity index is 547. The minimum atomic E-state index is -0.519. The molecule has 0 aliphatic carbocycles. The zero-order valence-electron chi connectivity index (χ0n) is 12.1. The first-order chi connectivity index (χ1) is 10.0. The summed E-state index contributed by atoms with van der Waals surface area (Å²) in [5.74, 6) is 0.0500. The maximum Gasteiger partial charge on any atom is 0.296 e. The van der Waals surface area contributed by atoms with Gasteiger partial charge >= 0.3 is 0 Å². The molecule has 21 heavy (non-hydrogen) atoms. The normalized spacial score (nSPS) is 21.0. The summed E-state index contributed by atoms with van der Waals surface area (Å²) in [6.45, 7) is 4.94. The lowest BCUT2D eigenvalue weighted by molar-refractivity contribution is -0.384. The van der Waals surface area contributed by atoms with Crippen LogP contribution in [0.1, 0.15) is 20.3 Å². The van der Waals surface area contributed by atoms with E-state index in [1.165, 1.54) is 12.1 Å². The van der Waals surface area contributed by atoms with Gasteiger partial charge in [0.2, 0.25) is 5.91 Å². The Balaban J connectivity index is 2.18. The van der Waals surface area contributed by atoms with Crippen molar-refractivity contribution in [2.45, 2.75) is 26.3 Å². The van der Waals surface area contributed by atoms with Crippen molar-refractivity contribution in [3.63, 3.8) is 0 Å². The molecule has 2 unspecified atom stereocenters. The quantitative estimate of drug-likeness (QED) is 0.639. The van der Waals surface area contributed by atoms with E-state index in [0.717, 1.165) is 13.0 Å². The second-order valence-corrected chi connectivity index (χ2v) is 5.00. The molecule has 7 heteroatoms. The van der Waals surface area contributed by atoms with E-state index in [1.54, 1.807) is 13.0 Å². The number of hydrogen-bond donors (Lipinski definition) is 2. The Morgan fingerprint density at radius 2 is 2.33 bits per heavy atom. The average Bonchev–Trinajstić information content (AvgIpc) is 2.87. The first-order valence-corrected chi connectivity index (χ1v) is 6.98. The number of nitrogens with zero attached hydrogens (tertiary/aromatic N) is 1. The molecule has 1 heterocycles. The molecule has 2 N–H and O–H groups in total. The van der Waals surface area contributed by atoms with E-state index in [-0.39, 0.29) is 29.2 Å². The summed E-state index contributed by atoms with van der Waals surface area (Å²) in [5.41, 5.74) is 0.0421. The van der Waals surface area contributed by atoms with Gasteiger partial charge < -0.3 is 15.4 Å². The Kier molecular flexibility index (Phi) is 4.74. The average molecular weight is 293 g/mol. The van der Waals surface area contributed by atoms with E-state index in [4.69, 9.17) is 4.74 Å². The molecule has 2 atom stereocenters. The molecular formula is C14H19N3O4. The number of nitrogens with one attached hydrogen (secondary N) is 2. The smallest absolute Gasteiger partial charge is 0.296 e. The second-order valence-electron chi connectivity index (χ2n) is 5.00. The topological polar surface area (TPSA) is 93.5 Å². The number of nitro groups is 1. The predicted octanol–water partition coefficient (Wildman–Crippen LogP) is 1.93. The minimum Gasteiger partial charge on any atom is -0.494 e. The van der Waals surface area contributed by atoms with Crippen LogP contribution in [0.25, 0.3) is 0 Å². The Morgan fingerprint density at radius 3 is 2.90 bits per heavy atom. The molecule has 1 aliphatic heterocycles. The molecule has 114 valence electrons. The standard InChI is InChI=1S/C14H19N3O4/c1-3-21-10-4-5-12(13(8-10)17(19)20)16-14(18)11-6-7-15-9(11)2/h4-5,8-9,11,15H,3,6-7H2,1-2H3,(H,16,18). The largest absolute Gasteiger partial charge is 0.494 e. The third-order valence-corrected chi connectivity index (χ3v) is 3.60. The van der Waals surface area contributed by atoms with Crippen LogP contribution in [0.3, 0.4) is 0 Å². The van der Waals surface area contributed by atoms with Crippen LogP contribution >= 0.6 is 0 Å². The zero-order valence-corrected chi connectivity index (χ0v) is 12.1. The number of amides is 1. The van der Waals surface area contributed by atoms with Crippen molar-refractivity contribution in [3.8, 4) is 5.75 Å². The number of nitro benzene ring substituents is 1. The maximum atomic E-state index is 12.2. The fourth-order valence-corrected chi connectivity index (χ4v) is 2.47. The molecule has 1 fully saturated rings. The summed E-state index contributed by atoms with van der Waals surface area (Å²) in [6.07, 6.45) is 0.734. The van der Waals surface area contributed by atoms with Gasteiger partial charge in [-0.15, -0.1) is 0 Å². The van der Waals surface area contributed by atoms with Crippen molar-refractivity contribution >= 4 is 17.3 Å². The number of benzene rings is 1. The van der Waals surface area contributed by atoms with Crippen molar-refractivity contribution in [1.29, 1.82) is 0 Å². The van der Waals surface area contributed by atoms with Crippen molar-refractivity contribution in [3.05, 3.63) is 28.3 Å². The van der Waals surface area contributed by atoms with E-state index in [9.17, 15) is 14.9 Å². The molecule has 1 aliphatic rings. The van der Waals surface area contributed by atoms with Crippen molar-refractivity contribution in [2.24, 2.45) is 5.92 Å². The molecule has 1 aromatic carbocycles. The molecule has 1 amide bonds. The lowest BCUT2D eigenvalue weighted by atomic mass is 10.0. The summed E-state index contributed by atoms with van der Waals surface area (Å²) >= 11 is 0. The van der Waals surface area contributed by atoms with Gasteiger partial charge in [-0.1, -0.05) is 0 Å². The lowest BCUT2D eigenvalue weighted by Crippen LogP contribution is -2.32. The van der Waals surface area contributed by atoms with Crippen LogP contribution in [0.5, 0.6) is 5.75 Å². The van der Waals surface area contributed by atoms with Gasteiger partial charge in [0.05, 0.1) is 23.5 Å². The van der Waals surface area contributed by atoms with Crippen LogP contribution in [0.2, 0.25) is 0 Å². The first kappa shape index (κ1) is 15.2. The number of rotatable bonds is 5. The van der Waals surface area contributed by atoms with Crippen molar-refractivity contribution in [1.82, 2.24) is 5.32 Å². The number of carbonyl (C=O) groups excluding carboxylic acids is 1. The van der Waals surface area contributed by atoms with Gasteiger partial charge in [0.1, 0.15) is 11.4 Å². The van der Waals surface area contributed by atoms with Crippen LogP contribution in [-0.2, 0) is 4.79 Å². The highest BCUT2D eigenvalue weighted by Gasteiger charge is 2.30. The van der Waals surface area contributed by atoms with Crippen LogP contribution in [0.15, 0.2) is 18.2 Å². The number of anilines is 1. The lowest BCUT2D eigenvalue weighted by Gasteiger charge is -2.15. The molecule has 2 rings (SSSR count). The fraction of sp³-hybridized carbons (Fsp3) is 0.500. The summed E-state index contributed by atoms with van der Waals surface area (Å²) in [5, 5.41) is 17.0. The van der Waals surface area contributed by atoms with E-state index >= 15 is 0 Å². The Morgan fingerprint density at radius 1 is 1.57 bits per heavy atom. The molecule has 0 spiro atoms. The number of ether oxygens (including phenoxy) is 1. The van der Waals surface area contributed by atoms with Crippen LogP contribution in [0.4, 0.5) is 11.4 Å². The summed E-state index contributed by atoms with van der Waals surface area (Å²) in [4.78, 5) is 22.8. The molecule has 7 nitrogen and oxygen atoms in total. The van der Waals surface area contributed by atoms with Gasteiger partial charge in [-0.3, -0.25) is 14.9 Å². The van der Waals surface area contributed by atoms with Gasteiger partial charge in [-0.25, -0.2) is 0 Å². The highest BCUT2D eigenvalue weighted by Crippen LogP contribution is 2.30. The SMILES string of the molecule is CCOc1ccc(NC(=O)C2CCNC2C)c([N+](=O)[O-])c1. The molecule has 0 radical (unpaired) electrons. The Hall–Kier alpha value is -2.15. The summed E-state index contributed by atoms with van der Waals surface area (Å²) < 4.78 is 5.25. The predicted molar refractivity (Wildman–Crippen MR) is 78.5 cm³/mol. The third kappa shape index (κ3) is 3.49. The summed E-state index contributed by atoms with van der Waals surface area (Å²) in [6, 6.07) is 4.53. The molecular weight excluding hydrogens is 274 g/mol. The van der Waals surface area contributed by atoms with Crippen LogP contribution < -0.4 is 15.4 Å². The van der Waals surface area contributed by atoms with Crippen molar-refractivity contribution < 1.29 is 14.5 Å². The number of carbonyl (C=O) groups is 1. The minimum absolute atomic E-state index is 0.0757. The molecule has 0 saturated carbocycles. The highest BCUT2D eigenvalue weighted by molar-refractivity contribution is 5.95. The van der Waals surface area contributed by atoms with Gasteiger partial charge in [0, 0.05) is 6.04 Å². The molecule has 0 aromatic heterocycles. The van der Waals surface area contributed by atoms with Crippen LogP contribution in [0, 0.1) is 16.0 Å². The molecule has 1 aromatic rings. The Labute approximate surface area is 122 Å². The maximum absolute atomic E-state index is 12.2. The molecule has 0 bridgehead atoms. The van der Waals surface area contributed by atoms with Gasteiger partial charge in [0.15, 0.2) is 0 Å². The third-order valence-electron chi connectivity index (χ3n) is 3.60. The molecule has 1 saturated heterocycles. The van der Waals surface area contributed by atoms with Gasteiger partial charge in [-0.05, 0) is 38.9 Å². The number of hydrogen-bond acceptors (Lipinski definition) is 5. The highest BCUT2D eigenvalue weighted by atomic mass is 16.6. The van der Waals surface area contributed by atoms with E-state index in [1.807, 2.05) is 6.92 Å².